The molecule has 0 spiro atoms. The van der Waals surface area contributed by atoms with E-state index in [2.05, 4.69) is 5.10 Å². The smallest absolute Gasteiger partial charge is 0.168 e. The molecule has 1 aromatic heterocycles. The van der Waals surface area contributed by atoms with Crippen LogP contribution >= 0.6 is 11.8 Å². The quantitative estimate of drug-likeness (QED) is 0.543. The summed E-state index contributed by atoms with van der Waals surface area (Å²) >= 11 is 1.67. The van der Waals surface area contributed by atoms with Crippen molar-refractivity contribution >= 4 is 28.4 Å². The van der Waals surface area contributed by atoms with Gasteiger partial charge in [0.05, 0.1) is 17.6 Å². The molecule has 2 aromatic carbocycles. The van der Waals surface area contributed by atoms with Crippen LogP contribution < -0.4 is 0 Å². The monoisotopic (exact) mass is 296 g/mol. The van der Waals surface area contributed by atoms with Crippen molar-refractivity contribution in [2.24, 2.45) is 7.05 Å². The van der Waals surface area contributed by atoms with Gasteiger partial charge in [-0.05, 0) is 24.5 Å². The molecule has 0 unspecified atom stereocenters. The van der Waals surface area contributed by atoms with E-state index in [1.165, 1.54) is 0 Å². The van der Waals surface area contributed by atoms with E-state index in [0.29, 0.717) is 6.42 Å². The van der Waals surface area contributed by atoms with Crippen molar-refractivity contribution in [3.63, 3.8) is 0 Å². The van der Waals surface area contributed by atoms with Gasteiger partial charge in [-0.15, -0.1) is 11.8 Å². The van der Waals surface area contributed by atoms with Gasteiger partial charge in [0, 0.05) is 22.9 Å². The molecule has 4 heteroatoms. The second-order valence-electron chi connectivity index (χ2n) is 4.92. The average molecular weight is 296 g/mol. The molecule has 3 rings (SSSR count). The van der Waals surface area contributed by atoms with Crippen LogP contribution in [0.2, 0.25) is 0 Å². The van der Waals surface area contributed by atoms with E-state index in [1.54, 1.807) is 11.8 Å². The van der Waals surface area contributed by atoms with E-state index < -0.39 is 0 Å². The molecular formula is C17H16N2OS. The zero-order valence-electron chi connectivity index (χ0n) is 12.0. The van der Waals surface area contributed by atoms with Gasteiger partial charge >= 0.3 is 0 Å². The summed E-state index contributed by atoms with van der Waals surface area (Å²) in [7, 11) is 1.91. The van der Waals surface area contributed by atoms with Gasteiger partial charge in [-0.1, -0.05) is 30.3 Å². The van der Waals surface area contributed by atoms with Crippen LogP contribution in [0.25, 0.3) is 10.9 Å². The second-order valence-corrected chi connectivity index (χ2v) is 5.80. The molecule has 0 aliphatic carbocycles. The minimum Gasteiger partial charge on any atom is -0.294 e. The van der Waals surface area contributed by atoms with Gasteiger partial charge < -0.3 is 0 Å². The third kappa shape index (κ3) is 2.72. The molecule has 0 N–H and O–H groups in total. The molecule has 21 heavy (non-hydrogen) atoms. The maximum absolute atomic E-state index is 12.4. The van der Waals surface area contributed by atoms with E-state index in [1.807, 2.05) is 66.5 Å². The first-order valence-electron chi connectivity index (χ1n) is 6.77. The van der Waals surface area contributed by atoms with E-state index in [9.17, 15) is 4.79 Å². The molecule has 0 atom stereocenters. The van der Waals surface area contributed by atoms with Crippen LogP contribution in [0.3, 0.4) is 0 Å². The van der Waals surface area contributed by atoms with Crippen LogP contribution in [0.15, 0.2) is 53.4 Å². The summed E-state index contributed by atoms with van der Waals surface area (Å²) in [5, 5.41) is 5.53. The summed E-state index contributed by atoms with van der Waals surface area (Å²) in [5.41, 5.74) is 2.63. The predicted octanol–water partition coefficient (Wildman–Crippen LogP) is 3.72. The van der Waals surface area contributed by atoms with E-state index in [0.717, 1.165) is 27.1 Å². The van der Waals surface area contributed by atoms with Crippen LogP contribution in [0.5, 0.6) is 0 Å². The average Bonchev–Trinajstić information content (AvgIpc) is 2.84. The lowest BCUT2D eigenvalue weighted by molar-refractivity contribution is 0.0992. The summed E-state index contributed by atoms with van der Waals surface area (Å²) < 4.78 is 1.83. The molecular weight excluding hydrogens is 280 g/mol. The number of thioether (sulfide) groups is 1. The number of Topliss-reactive ketones (excluding diaryl/α,β-unsaturated/α-hetero) is 1. The minimum absolute atomic E-state index is 0.103. The Morgan fingerprint density at radius 2 is 1.86 bits per heavy atom. The molecule has 0 amide bonds. The highest BCUT2D eigenvalue weighted by molar-refractivity contribution is 7.98. The van der Waals surface area contributed by atoms with Crippen LogP contribution in [0.1, 0.15) is 16.1 Å². The lowest BCUT2D eigenvalue weighted by Crippen LogP contribution is -2.04. The van der Waals surface area contributed by atoms with E-state index in [4.69, 9.17) is 0 Å². The summed E-state index contributed by atoms with van der Waals surface area (Å²) in [6.07, 6.45) is 2.36. The maximum Gasteiger partial charge on any atom is 0.168 e. The fourth-order valence-electron chi connectivity index (χ4n) is 2.45. The largest absolute Gasteiger partial charge is 0.294 e. The molecule has 0 fully saturated rings. The minimum atomic E-state index is 0.103. The molecule has 0 bridgehead atoms. The zero-order valence-corrected chi connectivity index (χ0v) is 12.9. The molecule has 3 nitrogen and oxygen atoms in total. The Bertz CT molecular complexity index is 790. The van der Waals surface area contributed by atoms with Gasteiger partial charge in [0.1, 0.15) is 0 Å². The van der Waals surface area contributed by atoms with E-state index in [-0.39, 0.29) is 5.78 Å². The van der Waals surface area contributed by atoms with E-state index >= 15 is 0 Å². The number of para-hydroxylation sites is 1. The van der Waals surface area contributed by atoms with Crippen molar-refractivity contribution < 1.29 is 4.79 Å². The Balaban J connectivity index is 1.89. The normalized spacial score (nSPS) is 11.0. The number of hydrogen-bond donors (Lipinski definition) is 0. The molecule has 3 aromatic rings. The fraction of sp³-hybridized carbons (Fsp3) is 0.176. The van der Waals surface area contributed by atoms with Crippen LogP contribution in [0, 0.1) is 0 Å². The summed E-state index contributed by atoms with van der Waals surface area (Å²) in [5.74, 6) is 0.103. The summed E-state index contributed by atoms with van der Waals surface area (Å²) in [4.78, 5) is 13.6. The van der Waals surface area contributed by atoms with Gasteiger partial charge in [0.15, 0.2) is 5.78 Å². The van der Waals surface area contributed by atoms with Gasteiger partial charge in [-0.25, -0.2) is 0 Å². The third-order valence-corrected chi connectivity index (χ3v) is 4.32. The van der Waals surface area contributed by atoms with Gasteiger partial charge in [-0.2, -0.15) is 5.10 Å². The highest BCUT2D eigenvalue weighted by Gasteiger charge is 2.13. The van der Waals surface area contributed by atoms with Gasteiger partial charge in [0.2, 0.25) is 0 Å². The number of benzene rings is 2. The number of aryl methyl sites for hydroxylation is 1. The fourth-order valence-corrected chi connectivity index (χ4v) is 2.86. The number of rotatable bonds is 4. The number of carbonyl (C=O) groups is 1. The first-order chi connectivity index (χ1) is 10.2. The molecule has 0 radical (unpaired) electrons. The molecule has 0 aliphatic heterocycles. The van der Waals surface area contributed by atoms with Crippen LogP contribution in [-0.4, -0.2) is 21.8 Å². The van der Waals surface area contributed by atoms with Crippen molar-refractivity contribution in [3.05, 3.63) is 59.8 Å². The Morgan fingerprint density at radius 1 is 1.14 bits per heavy atom. The first-order valence-corrected chi connectivity index (χ1v) is 7.99. The van der Waals surface area contributed by atoms with Gasteiger partial charge in [-0.3, -0.25) is 9.48 Å². The lowest BCUT2D eigenvalue weighted by Gasteiger charge is -2.01. The second kappa shape index (κ2) is 5.74. The maximum atomic E-state index is 12.4. The number of fused-ring (bicyclic) bond motifs is 1. The number of hydrogen-bond acceptors (Lipinski definition) is 3. The lowest BCUT2D eigenvalue weighted by atomic mass is 10.0. The van der Waals surface area contributed by atoms with Crippen molar-refractivity contribution in [2.75, 3.05) is 6.26 Å². The number of aromatic nitrogens is 2. The van der Waals surface area contributed by atoms with Crippen molar-refractivity contribution in [2.45, 2.75) is 11.3 Å². The van der Waals surface area contributed by atoms with Crippen LogP contribution in [0.4, 0.5) is 0 Å². The Labute approximate surface area is 128 Å². The Kier molecular flexibility index (Phi) is 3.80. The molecule has 0 saturated heterocycles. The molecule has 0 saturated carbocycles. The molecule has 1 heterocycles. The Morgan fingerprint density at radius 3 is 2.57 bits per heavy atom. The molecule has 106 valence electrons. The standard InChI is InChI=1S/C17H16N2OS/c1-19-16-6-4-3-5-14(16)15(18-19)11-17(20)12-7-9-13(21-2)10-8-12/h3-10H,11H2,1-2H3. The predicted molar refractivity (Wildman–Crippen MR) is 87.0 cm³/mol. The zero-order chi connectivity index (χ0) is 14.8. The highest BCUT2D eigenvalue weighted by Crippen LogP contribution is 2.20. The van der Waals surface area contributed by atoms with Crippen molar-refractivity contribution in [3.8, 4) is 0 Å². The summed E-state index contributed by atoms with van der Waals surface area (Å²) in [6.45, 7) is 0. The molecule has 0 aliphatic rings. The topological polar surface area (TPSA) is 34.9 Å². The van der Waals surface area contributed by atoms with Gasteiger partial charge in [0.25, 0.3) is 0 Å². The van der Waals surface area contributed by atoms with Crippen molar-refractivity contribution in [1.29, 1.82) is 0 Å². The SMILES string of the molecule is CSc1ccc(C(=O)Cc2nn(C)c3ccccc23)cc1. The third-order valence-electron chi connectivity index (χ3n) is 3.57. The summed E-state index contributed by atoms with van der Waals surface area (Å²) in [6, 6.07) is 15.7. The highest BCUT2D eigenvalue weighted by atomic mass is 32.2. The van der Waals surface area contributed by atoms with Crippen LogP contribution in [-0.2, 0) is 13.5 Å². The first kappa shape index (κ1) is 13.9. The number of nitrogens with zero attached hydrogens (tertiary/aromatic N) is 2. The number of ketones is 1. The number of carbonyl (C=O) groups excluding carboxylic acids is 1. The van der Waals surface area contributed by atoms with Crippen molar-refractivity contribution in [1.82, 2.24) is 9.78 Å². The Hall–Kier alpha value is -2.07.